The molecule has 0 saturated heterocycles. The highest BCUT2D eigenvalue weighted by Crippen LogP contribution is 2.25. The number of aromatic nitrogens is 1. The molecular weight excluding hydrogens is 306 g/mol. The summed E-state index contributed by atoms with van der Waals surface area (Å²) in [5, 5.41) is 0. The van der Waals surface area contributed by atoms with Gasteiger partial charge in [-0.1, -0.05) is 30.3 Å². The van der Waals surface area contributed by atoms with Crippen LogP contribution >= 0.6 is 0 Å². The van der Waals surface area contributed by atoms with Crippen LogP contribution in [-0.2, 0) is 22.4 Å². The minimum Gasteiger partial charge on any atom is -0.432 e. The number of hydrogen-bond acceptors (Lipinski definition) is 4. The first-order valence-electron chi connectivity index (χ1n) is 7.56. The molecule has 2 rings (SSSR count). The zero-order chi connectivity index (χ0) is 17.6. The second-order valence-electron chi connectivity index (χ2n) is 5.81. The predicted molar refractivity (Wildman–Crippen MR) is 90.2 cm³/mol. The van der Waals surface area contributed by atoms with Gasteiger partial charge in [0.1, 0.15) is 0 Å². The molecule has 2 amide bonds. The van der Waals surface area contributed by atoms with Gasteiger partial charge in [0.25, 0.3) is 5.91 Å². The maximum atomic E-state index is 12.9. The molecule has 0 bridgehead atoms. The fourth-order valence-electron chi connectivity index (χ4n) is 2.69. The van der Waals surface area contributed by atoms with Gasteiger partial charge in [-0.3, -0.25) is 9.78 Å². The number of benzene rings is 1. The van der Waals surface area contributed by atoms with E-state index < -0.39 is 11.7 Å². The van der Waals surface area contributed by atoms with Gasteiger partial charge >= 0.3 is 6.09 Å². The molecule has 1 aromatic heterocycles. The van der Waals surface area contributed by atoms with Crippen LogP contribution in [0.5, 0.6) is 0 Å². The number of carbonyl (C=O) groups is 2. The lowest BCUT2D eigenvalue weighted by molar-refractivity contribution is -0.148. The van der Waals surface area contributed by atoms with Gasteiger partial charge in [-0.05, 0) is 23.3 Å². The minimum absolute atomic E-state index is 0.213. The fourth-order valence-corrected chi connectivity index (χ4v) is 2.69. The monoisotopic (exact) mass is 327 g/mol. The smallest absolute Gasteiger partial charge is 0.405 e. The second kappa shape index (κ2) is 7.59. The van der Waals surface area contributed by atoms with Gasteiger partial charge in [0.15, 0.2) is 5.60 Å². The van der Waals surface area contributed by atoms with Crippen LogP contribution in [0.4, 0.5) is 4.79 Å². The van der Waals surface area contributed by atoms with Crippen LogP contribution in [0, 0.1) is 0 Å². The minimum atomic E-state index is -1.40. The van der Waals surface area contributed by atoms with Crippen LogP contribution in [-0.4, -0.2) is 41.6 Å². The highest BCUT2D eigenvalue weighted by Gasteiger charge is 2.43. The predicted octanol–water partition coefficient (Wildman–Crippen LogP) is 1.79. The molecule has 0 unspecified atom stereocenters. The van der Waals surface area contributed by atoms with Gasteiger partial charge < -0.3 is 15.4 Å². The van der Waals surface area contributed by atoms with Gasteiger partial charge in [0.05, 0.1) is 0 Å². The van der Waals surface area contributed by atoms with E-state index in [1.54, 1.807) is 38.6 Å². The Morgan fingerprint density at radius 2 is 1.58 bits per heavy atom. The Morgan fingerprint density at radius 3 is 2.08 bits per heavy atom. The van der Waals surface area contributed by atoms with Crippen molar-refractivity contribution in [2.45, 2.75) is 18.4 Å². The number of carbonyl (C=O) groups excluding carboxylic acids is 2. The molecule has 1 aromatic carbocycles. The van der Waals surface area contributed by atoms with Gasteiger partial charge in [-0.2, -0.15) is 0 Å². The van der Waals surface area contributed by atoms with Gasteiger partial charge in [-0.15, -0.1) is 0 Å². The zero-order valence-electron chi connectivity index (χ0n) is 13.8. The third kappa shape index (κ3) is 4.32. The van der Waals surface area contributed by atoms with Crippen molar-refractivity contribution in [1.82, 2.24) is 9.88 Å². The molecule has 0 aliphatic heterocycles. The number of ether oxygens (including phenoxy) is 1. The van der Waals surface area contributed by atoms with Crippen LogP contribution < -0.4 is 5.73 Å². The van der Waals surface area contributed by atoms with E-state index in [1.165, 1.54) is 4.90 Å². The topological polar surface area (TPSA) is 85.5 Å². The summed E-state index contributed by atoms with van der Waals surface area (Å²) < 4.78 is 5.40. The molecule has 0 fully saturated rings. The number of rotatable bonds is 6. The molecule has 2 aromatic rings. The highest BCUT2D eigenvalue weighted by molar-refractivity contribution is 5.88. The Kier molecular flexibility index (Phi) is 5.52. The number of primary amides is 1. The SMILES string of the molecule is CN(C)C(=O)[C@](Cc1ccccc1)(Cc1ccncc1)OC(N)=O. The first kappa shape index (κ1) is 17.5. The van der Waals surface area contributed by atoms with E-state index in [2.05, 4.69) is 4.98 Å². The molecule has 6 nitrogen and oxygen atoms in total. The summed E-state index contributed by atoms with van der Waals surface area (Å²) in [5.74, 6) is -0.318. The Bertz CT molecular complexity index is 646. The lowest BCUT2D eigenvalue weighted by Gasteiger charge is -2.34. The molecule has 24 heavy (non-hydrogen) atoms. The lowest BCUT2D eigenvalue weighted by atomic mass is 9.86. The fraction of sp³-hybridized carbons (Fsp3) is 0.278. The van der Waals surface area contributed by atoms with Crippen molar-refractivity contribution >= 4 is 12.0 Å². The molecule has 0 aliphatic rings. The molecule has 1 heterocycles. The average Bonchev–Trinajstić information content (AvgIpc) is 2.55. The van der Waals surface area contributed by atoms with Gasteiger partial charge in [0.2, 0.25) is 0 Å². The summed E-state index contributed by atoms with van der Waals surface area (Å²) in [6, 6.07) is 13.0. The van der Waals surface area contributed by atoms with Crippen LogP contribution in [0.3, 0.4) is 0 Å². The van der Waals surface area contributed by atoms with E-state index in [4.69, 9.17) is 10.5 Å². The third-order valence-electron chi connectivity index (χ3n) is 3.66. The van der Waals surface area contributed by atoms with Crippen molar-refractivity contribution in [3.8, 4) is 0 Å². The van der Waals surface area contributed by atoms with E-state index in [1.807, 2.05) is 30.3 Å². The van der Waals surface area contributed by atoms with Crippen LogP contribution in [0.25, 0.3) is 0 Å². The molecule has 0 spiro atoms. The standard InChI is InChI=1S/C18H21N3O3/c1-21(2)16(22)18(24-17(19)23,12-14-6-4-3-5-7-14)13-15-8-10-20-11-9-15/h3-11H,12-13H2,1-2H3,(H2,19,23)/t18-/m0/s1. The summed E-state index contributed by atoms with van der Waals surface area (Å²) in [4.78, 5) is 29.8. The maximum absolute atomic E-state index is 12.9. The number of pyridine rings is 1. The summed E-state index contributed by atoms with van der Waals surface area (Å²) in [7, 11) is 3.25. The van der Waals surface area contributed by atoms with Gasteiger partial charge in [-0.25, -0.2) is 4.79 Å². The van der Waals surface area contributed by atoms with Crippen LogP contribution in [0.1, 0.15) is 11.1 Å². The number of hydrogen-bond donors (Lipinski definition) is 1. The Morgan fingerprint density at radius 1 is 1.04 bits per heavy atom. The van der Waals surface area contributed by atoms with Crippen molar-refractivity contribution in [3.05, 3.63) is 66.0 Å². The Balaban J connectivity index is 2.46. The molecule has 0 radical (unpaired) electrons. The van der Waals surface area contributed by atoms with Gasteiger partial charge in [0, 0.05) is 39.3 Å². The largest absolute Gasteiger partial charge is 0.432 e. The summed E-state index contributed by atoms with van der Waals surface area (Å²) in [5.41, 5.74) is 5.58. The molecule has 1 atom stereocenters. The third-order valence-corrected chi connectivity index (χ3v) is 3.66. The number of amides is 2. The number of likely N-dealkylation sites (N-methyl/N-ethyl adjacent to an activating group) is 1. The number of nitrogens with two attached hydrogens (primary N) is 1. The van der Waals surface area contributed by atoms with Crippen molar-refractivity contribution < 1.29 is 14.3 Å². The zero-order valence-corrected chi connectivity index (χ0v) is 13.8. The van der Waals surface area contributed by atoms with Crippen molar-refractivity contribution in [2.75, 3.05) is 14.1 Å². The Hall–Kier alpha value is -2.89. The summed E-state index contributed by atoms with van der Waals surface area (Å²) >= 11 is 0. The van der Waals surface area contributed by atoms with Crippen molar-refractivity contribution in [1.29, 1.82) is 0 Å². The number of nitrogens with zero attached hydrogens (tertiary/aromatic N) is 2. The first-order chi connectivity index (χ1) is 11.4. The first-order valence-corrected chi connectivity index (χ1v) is 7.56. The van der Waals surface area contributed by atoms with E-state index in [0.29, 0.717) is 0 Å². The van der Waals surface area contributed by atoms with E-state index in [0.717, 1.165) is 11.1 Å². The van der Waals surface area contributed by atoms with Crippen LogP contribution in [0.15, 0.2) is 54.9 Å². The second-order valence-corrected chi connectivity index (χ2v) is 5.81. The lowest BCUT2D eigenvalue weighted by Crippen LogP contribution is -2.53. The summed E-state index contributed by atoms with van der Waals surface area (Å²) in [6.07, 6.45) is 2.73. The molecule has 0 aliphatic carbocycles. The molecule has 0 saturated carbocycles. The molecular formula is C18H21N3O3. The maximum Gasteiger partial charge on any atom is 0.405 e. The van der Waals surface area contributed by atoms with Crippen molar-refractivity contribution in [3.63, 3.8) is 0 Å². The normalized spacial score (nSPS) is 12.9. The highest BCUT2D eigenvalue weighted by atomic mass is 16.6. The molecule has 6 heteroatoms. The Labute approximate surface area is 141 Å². The quantitative estimate of drug-likeness (QED) is 0.876. The molecule has 2 N–H and O–H groups in total. The van der Waals surface area contributed by atoms with E-state index in [-0.39, 0.29) is 18.7 Å². The average molecular weight is 327 g/mol. The molecule has 126 valence electrons. The van der Waals surface area contributed by atoms with Crippen LogP contribution in [0.2, 0.25) is 0 Å². The van der Waals surface area contributed by atoms with E-state index in [9.17, 15) is 9.59 Å². The summed E-state index contributed by atoms with van der Waals surface area (Å²) in [6.45, 7) is 0. The van der Waals surface area contributed by atoms with Crippen molar-refractivity contribution in [2.24, 2.45) is 5.73 Å². The van der Waals surface area contributed by atoms with E-state index >= 15 is 0 Å².